The number of hydrogen-bond donors (Lipinski definition) is 2. The highest BCUT2D eigenvalue weighted by Crippen LogP contribution is 2.43. The molecule has 8 nitrogen and oxygen atoms in total. The van der Waals surface area contributed by atoms with E-state index in [0.717, 1.165) is 15.8 Å². The molecule has 0 saturated carbocycles. The van der Waals surface area contributed by atoms with Crippen LogP contribution in [0.3, 0.4) is 0 Å². The van der Waals surface area contributed by atoms with E-state index in [2.05, 4.69) is 20.8 Å². The van der Waals surface area contributed by atoms with Crippen LogP contribution in [-0.2, 0) is 6.54 Å². The van der Waals surface area contributed by atoms with E-state index >= 15 is 0 Å². The third kappa shape index (κ3) is 4.28. The molecule has 176 valence electrons. The summed E-state index contributed by atoms with van der Waals surface area (Å²) in [5.74, 6) is -0.154. The number of nitrogens with one attached hydrogen (secondary N) is 2. The Morgan fingerprint density at radius 1 is 1.26 bits per heavy atom. The molecule has 11 heteroatoms. The molecule has 4 heterocycles. The molecule has 0 bridgehead atoms. The molecule has 5 rings (SSSR count). The van der Waals surface area contributed by atoms with Gasteiger partial charge < -0.3 is 15.1 Å². The number of hydrogen-bond acceptors (Lipinski definition) is 5. The lowest BCUT2D eigenvalue weighted by Crippen LogP contribution is -2.35. The first-order valence-corrected chi connectivity index (χ1v) is 10.6. The van der Waals surface area contributed by atoms with Crippen LogP contribution >= 0.6 is 0 Å². The van der Waals surface area contributed by atoms with Gasteiger partial charge in [-0.3, -0.25) is 9.48 Å². The third-order valence-electron chi connectivity index (χ3n) is 5.79. The zero-order valence-corrected chi connectivity index (χ0v) is 18.1. The van der Waals surface area contributed by atoms with Crippen molar-refractivity contribution >= 4 is 17.4 Å². The molecule has 1 aliphatic heterocycles. The quantitative estimate of drug-likeness (QED) is 0.431. The zero-order chi connectivity index (χ0) is 23.9. The molecule has 4 aromatic rings. The molecule has 2 atom stereocenters. The Hall–Kier alpha value is -4.02. The highest BCUT2D eigenvalue weighted by Gasteiger charge is 2.47. The fourth-order valence-electron chi connectivity index (χ4n) is 4.03. The lowest BCUT2D eigenvalue weighted by atomic mass is 10.0. The summed E-state index contributed by atoms with van der Waals surface area (Å²) in [5.41, 5.74) is 2.48. The summed E-state index contributed by atoms with van der Waals surface area (Å²) in [6.07, 6.45) is -0.305. The molecular formula is C23H21F3N6O2. The predicted octanol–water partition coefficient (Wildman–Crippen LogP) is 4.94. The topological polar surface area (TPSA) is 89.9 Å². The monoisotopic (exact) mass is 470 g/mol. The summed E-state index contributed by atoms with van der Waals surface area (Å²) < 4.78 is 49.1. The van der Waals surface area contributed by atoms with Crippen LogP contribution in [0.15, 0.2) is 65.5 Å². The summed E-state index contributed by atoms with van der Waals surface area (Å²) in [6, 6.07) is 9.83. The number of anilines is 2. The Morgan fingerprint density at radius 3 is 2.82 bits per heavy atom. The van der Waals surface area contributed by atoms with Gasteiger partial charge in [0.15, 0.2) is 11.7 Å². The molecule has 0 spiro atoms. The Labute approximate surface area is 192 Å². The first-order chi connectivity index (χ1) is 16.3. The summed E-state index contributed by atoms with van der Waals surface area (Å²) in [5, 5.41) is 13.9. The first kappa shape index (κ1) is 21.8. The number of carbonyl (C=O) groups is 1. The van der Waals surface area contributed by atoms with Crippen molar-refractivity contribution < 1.29 is 22.4 Å². The van der Waals surface area contributed by atoms with Gasteiger partial charge in [-0.25, -0.2) is 4.68 Å². The van der Waals surface area contributed by atoms with Gasteiger partial charge in [-0.2, -0.15) is 23.4 Å². The van der Waals surface area contributed by atoms with Crippen molar-refractivity contribution in [2.45, 2.75) is 38.1 Å². The second-order valence-corrected chi connectivity index (χ2v) is 8.17. The van der Waals surface area contributed by atoms with Crippen LogP contribution in [0.1, 0.15) is 45.9 Å². The van der Waals surface area contributed by atoms with Gasteiger partial charge in [-0.05, 0) is 30.2 Å². The summed E-state index contributed by atoms with van der Waals surface area (Å²) in [6.45, 7) is 2.52. The summed E-state index contributed by atoms with van der Waals surface area (Å²) in [4.78, 5) is 12.8. The molecule has 1 aromatic carbocycles. The number of amides is 1. The second kappa shape index (κ2) is 8.40. The minimum atomic E-state index is -4.54. The largest absolute Gasteiger partial charge is 0.467 e. The minimum absolute atomic E-state index is 0.0929. The van der Waals surface area contributed by atoms with E-state index in [4.69, 9.17) is 4.42 Å². The fourth-order valence-corrected chi connectivity index (χ4v) is 4.03. The van der Waals surface area contributed by atoms with Gasteiger partial charge in [-0.1, -0.05) is 24.3 Å². The molecule has 0 radical (unpaired) electrons. The maximum atomic E-state index is 13.8. The lowest BCUT2D eigenvalue weighted by molar-refractivity contribution is -0.174. The molecular weight excluding hydrogens is 449 g/mol. The van der Waals surface area contributed by atoms with E-state index in [-0.39, 0.29) is 17.9 Å². The molecule has 0 fully saturated rings. The first-order valence-electron chi connectivity index (χ1n) is 10.6. The highest BCUT2D eigenvalue weighted by atomic mass is 19.4. The van der Waals surface area contributed by atoms with Crippen molar-refractivity contribution in [3.05, 3.63) is 83.7 Å². The third-order valence-corrected chi connectivity index (χ3v) is 5.79. The number of fused-ring (bicyclic) bond motifs is 1. The summed E-state index contributed by atoms with van der Waals surface area (Å²) >= 11 is 0. The van der Waals surface area contributed by atoms with Crippen LogP contribution in [0.2, 0.25) is 0 Å². The summed E-state index contributed by atoms with van der Waals surface area (Å²) in [7, 11) is 0. The van der Waals surface area contributed by atoms with Crippen molar-refractivity contribution in [3.8, 4) is 0 Å². The van der Waals surface area contributed by atoms with E-state index < -0.39 is 24.2 Å². The average Bonchev–Trinajstić information content (AvgIpc) is 3.54. The second-order valence-electron chi connectivity index (χ2n) is 8.17. The number of furan rings is 1. The van der Waals surface area contributed by atoms with Crippen LogP contribution in [0.4, 0.5) is 24.7 Å². The average molecular weight is 470 g/mol. The Bertz CT molecular complexity index is 1310. The normalized spacial score (nSPS) is 17.8. The molecule has 3 aromatic heterocycles. The van der Waals surface area contributed by atoms with Gasteiger partial charge in [0.05, 0.1) is 30.7 Å². The Kier molecular flexibility index (Phi) is 5.39. The van der Waals surface area contributed by atoms with Crippen LogP contribution in [0.25, 0.3) is 0 Å². The van der Waals surface area contributed by atoms with Crippen molar-refractivity contribution in [1.29, 1.82) is 0 Å². The molecule has 0 saturated heterocycles. The highest BCUT2D eigenvalue weighted by molar-refractivity contribution is 6.03. The van der Waals surface area contributed by atoms with Crippen molar-refractivity contribution in [2.75, 3.05) is 10.6 Å². The number of carbonyl (C=O) groups excluding carboxylic acids is 1. The Morgan fingerprint density at radius 2 is 2.09 bits per heavy atom. The van der Waals surface area contributed by atoms with E-state index in [1.807, 2.05) is 31.2 Å². The smallest absolute Gasteiger partial charge is 0.410 e. The van der Waals surface area contributed by atoms with Gasteiger partial charge >= 0.3 is 6.18 Å². The minimum Gasteiger partial charge on any atom is -0.467 e. The van der Waals surface area contributed by atoms with Crippen molar-refractivity contribution in [2.24, 2.45) is 0 Å². The molecule has 0 unspecified atom stereocenters. The Balaban J connectivity index is 1.34. The molecule has 0 aliphatic carbocycles. The number of aryl methyl sites for hydroxylation is 1. The van der Waals surface area contributed by atoms with Crippen LogP contribution in [0, 0.1) is 6.92 Å². The maximum Gasteiger partial charge on any atom is 0.410 e. The number of alkyl halides is 3. The van der Waals surface area contributed by atoms with E-state index in [0.29, 0.717) is 18.0 Å². The van der Waals surface area contributed by atoms with Crippen molar-refractivity contribution in [1.82, 2.24) is 19.6 Å². The number of nitrogens with zero attached hydrogens (tertiary/aromatic N) is 4. The standard InChI is InChI=1S/C23H21F3N6O2/c1-14-5-2-3-6-15(14)12-31-13-16(11-27-31)28-22(33)18-10-21-29-17(19-7-4-8-34-19)9-20(23(24,25)26)32(21)30-18/h2-8,10-11,13,17,20,29H,9,12H2,1H3,(H,28,33)/t17-,20-/m0/s1. The number of aromatic nitrogens is 4. The van der Waals surface area contributed by atoms with E-state index in [9.17, 15) is 18.0 Å². The molecule has 1 amide bonds. The van der Waals surface area contributed by atoms with Gasteiger partial charge in [0, 0.05) is 18.7 Å². The van der Waals surface area contributed by atoms with Crippen LogP contribution in [-0.4, -0.2) is 31.6 Å². The number of halogens is 3. The van der Waals surface area contributed by atoms with E-state index in [1.165, 1.54) is 18.5 Å². The van der Waals surface area contributed by atoms with Crippen LogP contribution < -0.4 is 10.6 Å². The number of benzene rings is 1. The zero-order valence-electron chi connectivity index (χ0n) is 18.1. The van der Waals surface area contributed by atoms with Gasteiger partial charge in [0.2, 0.25) is 0 Å². The maximum absolute atomic E-state index is 13.8. The number of rotatable bonds is 5. The van der Waals surface area contributed by atoms with Gasteiger partial charge in [-0.15, -0.1) is 0 Å². The molecule has 34 heavy (non-hydrogen) atoms. The molecule has 2 N–H and O–H groups in total. The predicted molar refractivity (Wildman–Crippen MR) is 117 cm³/mol. The SMILES string of the molecule is Cc1ccccc1Cn1cc(NC(=O)c2cc3n(n2)[C@H](C(F)(F)F)C[C@@H](c2ccco2)N3)cn1. The lowest BCUT2D eigenvalue weighted by Gasteiger charge is -2.32. The van der Waals surface area contributed by atoms with Gasteiger partial charge in [0.1, 0.15) is 11.6 Å². The van der Waals surface area contributed by atoms with Crippen LogP contribution in [0.5, 0.6) is 0 Å². The van der Waals surface area contributed by atoms with Gasteiger partial charge in [0.25, 0.3) is 5.91 Å². The fraction of sp³-hybridized carbons (Fsp3) is 0.261. The van der Waals surface area contributed by atoms with Crippen molar-refractivity contribution in [3.63, 3.8) is 0 Å². The molecule has 1 aliphatic rings. The van der Waals surface area contributed by atoms with E-state index in [1.54, 1.807) is 23.0 Å².